The van der Waals surface area contributed by atoms with E-state index in [-0.39, 0.29) is 0 Å². The summed E-state index contributed by atoms with van der Waals surface area (Å²) in [4.78, 5) is 0. The molecule has 0 atom stereocenters. The Kier molecular flexibility index (Phi) is 3.38. The molecule has 0 saturated carbocycles. The van der Waals surface area contributed by atoms with E-state index in [4.69, 9.17) is 9.11 Å². The lowest BCUT2D eigenvalue weighted by Crippen LogP contribution is -2.11. The molecule has 0 unspecified atom stereocenters. The molecular weight excluding hydrogens is 264 g/mol. The van der Waals surface area contributed by atoms with Crippen LogP contribution in [0, 0.1) is 0 Å². The molecule has 90 valence electrons. The molecule has 1 rings (SSSR count). The first-order valence-corrected chi connectivity index (χ1v) is 6.33. The van der Waals surface area contributed by atoms with E-state index in [1.54, 1.807) is 0 Å². The van der Waals surface area contributed by atoms with E-state index < -0.39 is 32.3 Å². The van der Waals surface area contributed by atoms with Gasteiger partial charge in [0.25, 0.3) is 0 Å². The van der Waals surface area contributed by atoms with Crippen molar-refractivity contribution in [3.63, 3.8) is 0 Å². The van der Waals surface area contributed by atoms with Crippen LogP contribution in [0.1, 0.15) is 0 Å². The molecule has 0 heterocycles. The van der Waals surface area contributed by atoms with Crippen LogP contribution >= 0.6 is 0 Å². The van der Waals surface area contributed by atoms with Gasteiger partial charge in [-0.05, 0) is 12.1 Å². The lowest BCUT2D eigenvalue weighted by atomic mass is 10.3. The van der Waals surface area contributed by atoms with E-state index in [1.165, 1.54) is 12.1 Å². The number of para-hydroxylation sites is 2. The fourth-order valence-corrected chi connectivity index (χ4v) is 1.54. The van der Waals surface area contributed by atoms with Gasteiger partial charge in [0.2, 0.25) is 0 Å². The number of rotatable bonds is 4. The minimum absolute atomic E-state index is 0.581. The molecule has 16 heavy (non-hydrogen) atoms. The van der Waals surface area contributed by atoms with E-state index >= 15 is 0 Å². The van der Waals surface area contributed by atoms with Crippen molar-refractivity contribution >= 4 is 20.8 Å². The third-order valence-corrected chi connectivity index (χ3v) is 2.02. The van der Waals surface area contributed by atoms with Crippen LogP contribution in [0.4, 0.5) is 0 Å². The highest BCUT2D eigenvalue weighted by Gasteiger charge is 2.16. The monoisotopic (exact) mass is 270 g/mol. The van der Waals surface area contributed by atoms with Gasteiger partial charge in [0.15, 0.2) is 11.5 Å². The predicted octanol–water partition coefficient (Wildman–Crippen LogP) is 0.0498. The molecule has 0 aliphatic rings. The molecule has 1 aromatic rings. The molecule has 0 radical (unpaired) electrons. The Bertz CT molecular complexity index is 519. The Morgan fingerprint density at radius 1 is 0.812 bits per heavy atom. The van der Waals surface area contributed by atoms with Crippen molar-refractivity contribution in [2.24, 2.45) is 0 Å². The van der Waals surface area contributed by atoms with E-state index in [9.17, 15) is 16.8 Å². The van der Waals surface area contributed by atoms with Crippen LogP contribution in [0.15, 0.2) is 24.3 Å². The highest BCUT2D eigenvalue weighted by atomic mass is 32.3. The van der Waals surface area contributed by atoms with Crippen LogP contribution in [0.2, 0.25) is 0 Å². The molecule has 0 spiro atoms. The molecule has 0 saturated heterocycles. The van der Waals surface area contributed by atoms with Crippen molar-refractivity contribution < 1.29 is 34.3 Å². The summed E-state index contributed by atoms with van der Waals surface area (Å²) in [6, 6.07) is 4.65. The summed E-state index contributed by atoms with van der Waals surface area (Å²) >= 11 is 0. The SMILES string of the molecule is O=S(=O)(O)Oc1ccccc1OS(=O)(=O)O. The first-order chi connectivity index (χ1) is 7.17. The van der Waals surface area contributed by atoms with Gasteiger partial charge in [-0.1, -0.05) is 12.1 Å². The number of hydrogen-bond donors (Lipinski definition) is 2. The van der Waals surface area contributed by atoms with Gasteiger partial charge in [-0.3, -0.25) is 9.11 Å². The Morgan fingerprint density at radius 3 is 1.38 bits per heavy atom. The fraction of sp³-hybridized carbons (Fsp3) is 0. The van der Waals surface area contributed by atoms with E-state index in [1.807, 2.05) is 0 Å². The normalized spacial score (nSPS) is 12.1. The second-order valence-corrected chi connectivity index (χ2v) is 4.51. The van der Waals surface area contributed by atoms with Crippen LogP contribution < -0.4 is 8.37 Å². The van der Waals surface area contributed by atoms with Crippen LogP contribution in [-0.2, 0) is 20.8 Å². The Hall–Kier alpha value is -1.36. The Labute approximate surface area is 91.3 Å². The van der Waals surface area contributed by atoms with E-state index in [0.29, 0.717) is 0 Å². The molecule has 0 bridgehead atoms. The zero-order chi connectivity index (χ0) is 12.4. The van der Waals surface area contributed by atoms with Crippen molar-refractivity contribution in [1.29, 1.82) is 0 Å². The quantitative estimate of drug-likeness (QED) is 0.734. The van der Waals surface area contributed by atoms with Gasteiger partial charge in [0.05, 0.1) is 0 Å². The van der Waals surface area contributed by atoms with Gasteiger partial charge < -0.3 is 8.37 Å². The van der Waals surface area contributed by atoms with E-state index in [2.05, 4.69) is 8.37 Å². The summed E-state index contributed by atoms with van der Waals surface area (Å²) in [7, 11) is -9.62. The molecule has 0 aromatic heterocycles. The molecule has 0 aliphatic heterocycles. The largest absolute Gasteiger partial charge is 0.446 e. The Morgan fingerprint density at radius 2 is 1.12 bits per heavy atom. The molecule has 2 N–H and O–H groups in total. The highest BCUT2D eigenvalue weighted by Crippen LogP contribution is 2.28. The second-order valence-electron chi connectivity index (χ2n) is 2.47. The average Bonchev–Trinajstić information content (AvgIpc) is 2.03. The summed E-state index contributed by atoms with van der Waals surface area (Å²) < 4.78 is 66.3. The summed E-state index contributed by atoms with van der Waals surface area (Å²) in [5, 5.41) is 0. The predicted molar refractivity (Wildman–Crippen MR) is 50.8 cm³/mol. The lowest BCUT2D eigenvalue weighted by Gasteiger charge is -2.06. The smallest absolute Gasteiger partial charge is 0.358 e. The summed E-state index contributed by atoms with van der Waals surface area (Å²) in [5.74, 6) is -1.16. The van der Waals surface area contributed by atoms with Crippen LogP contribution in [-0.4, -0.2) is 25.9 Å². The zero-order valence-electron chi connectivity index (χ0n) is 7.47. The third kappa shape index (κ3) is 4.44. The van der Waals surface area contributed by atoms with Gasteiger partial charge >= 0.3 is 20.8 Å². The van der Waals surface area contributed by atoms with Crippen molar-refractivity contribution in [2.75, 3.05) is 0 Å². The highest BCUT2D eigenvalue weighted by molar-refractivity contribution is 7.81. The maximum Gasteiger partial charge on any atom is 0.446 e. The van der Waals surface area contributed by atoms with Crippen molar-refractivity contribution in [2.45, 2.75) is 0 Å². The Balaban J connectivity index is 3.11. The third-order valence-electron chi connectivity index (χ3n) is 1.24. The van der Waals surface area contributed by atoms with Gasteiger partial charge in [-0.2, -0.15) is 16.8 Å². The number of hydrogen-bond acceptors (Lipinski definition) is 6. The molecule has 0 fully saturated rings. The first kappa shape index (κ1) is 12.7. The molecule has 1 aromatic carbocycles. The molecular formula is C6H6O8S2. The van der Waals surface area contributed by atoms with Crippen LogP contribution in [0.3, 0.4) is 0 Å². The standard InChI is InChI=1S/C6H6O8S2/c7-15(8,9)13-5-3-1-2-4-6(5)14-16(10,11)12/h1-4H,(H,7,8,9)(H,10,11,12). The minimum atomic E-state index is -4.81. The van der Waals surface area contributed by atoms with Gasteiger partial charge in [0, 0.05) is 0 Å². The maximum absolute atomic E-state index is 10.4. The lowest BCUT2D eigenvalue weighted by molar-refractivity contribution is 0.361. The topological polar surface area (TPSA) is 127 Å². The van der Waals surface area contributed by atoms with Gasteiger partial charge in [0.1, 0.15) is 0 Å². The fourth-order valence-electron chi connectivity index (χ4n) is 0.815. The molecule has 0 amide bonds. The van der Waals surface area contributed by atoms with Crippen molar-refractivity contribution in [1.82, 2.24) is 0 Å². The molecule has 0 aliphatic carbocycles. The average molecular weight is 270 g/mol. The van der Waals surface area contributed by atoms with Crippen molar-refractivity contribution in [3.05, 3.63) is 24.3 Å². The summed E-state index contributed by atoms with van der Waals surface area (Å²) in [6.45, 7) is 0. The van der Waals surface area contributed by atoms with Crippen LogP contribution in [0.5, 0.6) is 11.5 Å². The zero-order valence-corrected chi connectivity index (χ0v) is 9.10. The summed E-state index contributed by atoms with van der Waals surface area (Å²) in [5.41, 5.74) is 0. The van der Waals surface area contributed by atoms with Crippen molar-refractivity contribution in [3.8, 4) is 11.5 Å². The first-order valence-electron chi connectivity index (χ1n) is 3.60. The minimum Gasteiger partial charge on any atom is -0.358 e. The summed E-state index contributed by atoms with van der Waals surface area (Å²) in [6.07, 6.45) is 0. The molecule has 10 heteroatoms. The maximum atomic E-state index is 10.4. The number of benzene rings is 1. The van der Waals surface area contributed by atoms with E-state index in [0.717, 1.165) is 12.1 Å². The second kappa shape index (κ2) is 4.25. The van der Waals surface area contributed by atoms with Crippen LogP contribution in [0.25, 0.3) is 0 Å². The van der Waals surface area contributed by atoms with Gasteiger partial charge in [-0.25, -0.2) is 0 Å². The van der Waals surface area contributed by atoms with Gasteiger partial charge in [-0.15, -0.1) is 0 Å². The molecule has 8 nitrogen and oxygen atoms in total.